The van der Waals surface area contributed by atoms with Crippen LogP contribution in [0.4, 0.5) is 10.1 Å². The molecule has 0 aliphatic rings. The Morgan fingerprint density at radius 2 is 1.94 bits per heavy atom. The molecule has 32 heavy (non-hydrogen) atoms. The molecule has 3 aromatic rings. The van der Waals surface area contributed by atoms with Crippen LogP contribution < -0.4 is 9.46 Å². The van der Waals surface area contributed by atoms with Gasteiger partial charge in [-0.15, -0.1) is 0 Å². The first-order valence-corrected chi connectivity index (χ1v) is 11.1. The van der Waals surface area contributed by atoms with Gasteiger partial charge in [-0.05, 0) is 56.7 Å². The van der Waals surface area contributed by atoms with Gasteiger partial charge in [0.25, 0.3) is 10.0 Å². The van der Waals surface area contributed by atoms with Crippen molar-refractivity contribution in [2.75, 3.05) is 4.72 Å². The molecule has 0 fully saturated rings. The zero-order chi connectivity index (χ0) is 23.7. The van der Waals surface area contributed by atoms with Gasteiger partial charge in [-0.3, -0.25) is 4.72 Å². The number of aliphatic carboxylic acids is 1. The number of benzene rings is 2. The Morgan fingerprint density at radius 3 is 2.56 bits per heavy atom. The molecule has 1 heterocycles. The molecule has 2 aromatic carbocycles. The first-order valence-electron chi connectivity index (χ1n) is 9.21. The minimum atomic E-state index is -4.15. The maximum Gasteiger partial charge on any atom is 0.347 e. The fourth-order valence-electron chi connectivity index (χ4n) is 2.81. The van der Waals surface area contributed by atoms with E-state index in [2.05, 4.69) is 14.7 Å². The summed E-state index contributed by atoms with van der Waals surface area (Å²) >= 11 is 5.97. The summed E-state index contributed by atoms with van der Waals surface area (Å²) < 4.78 is 48.0. The number of nitrogens with zero attached hydrogens (tertiary/aromatic N) is 2. The Bertz CT molecular complexity index is 1280. The van der Waals surface area contributed by atoms with E-state index in [1.807, 2.05) is 0 Å². The molecule has 0 unspecified atom stereocenters. The van der Waals surface area contributed by atoms with E-state index >= 15 is 0 Å². The normalized spacial score (nSPS) is 11.8. The van der Waals surface area contributed by atoms with E-state index in [1.54, 1.807) is 0 Å². The van der Waals surface area contributed by atoms with Crippen molar-refractivity contribution in [1.29, 1.82) is 0 Å². The third-order valence-electron chi connectivity index (χ3n) is 4.45. The fourth-order valence-corrected chi connectivity index (χ4v) is 4.24. The summed E-state index contributed by atoms with van der Waals surface area (Å²) in [5, 5.41) is 9.44. The van der Waals surface area contributed by atoms with Crippen molar-refractivity contribution in [3.8, 4) is 16.9 Å². The van der Waals surface area contributed by atoms with Crippen molar-refractivity contribution < 1.29 is 27.4 Å². The lowest BCUT2D eigenvalue weighted by Gasteiger charge is -2.23. The predicted octanol–water partition coefficient (Wildman–Crippen LogP) is 4.29. The second-order valence-electron chi connectivity index (χ2n) is 7.36. The first kappa shape index (κ1) is 23.4. The van der Waals surface area contributed by atoms with Crippen molar-refractivity contribution in [2.24, 2.45) is 0 Å². The summed E-state index contributed by atoms with van der Waals surface area (Å²) in [5.41, 5.74) is -0.734. The number of carboxylic acids is 1. The van der Waals surface area contributed by atoms with Crippen molar-refractivity contribution in [1.82, 2.24) is 9.97 Å². The number of anilines is 1. The Hall–Kier alpha value is -3.24. The number of carboxylic acid groups (broad SMARTS) is 1. The molecule has 1 aromatic heterocycles. The molecule has 11 heteroatoms. The van der Waals surface area contributed by atoms with Gasteiger partial charge in [0.15, 0.2) is 5.60 Å². The van der Waals surface area contributed by atoms with Crippen LogP contribution >= 0.6 is 11.6 Å². The summed E-state index contributed by atoms with van der Waals surface area (Å²) in [5.74, 6) is -1.74. The zero-order valence-corrected chi connectivity index (χ0v) is 18.8. The van der Waals surface area contributed by atoms with Gasteiger partial charge in [-0.1, -0.05) is 11.6 Å². The third kappa shape index (κ3) is 5.14. The molecule has 0 radical (unpaired) electrons. The van der Waals surface area contributed by atoms with Gasteiger partial charge in [0.05, 0.1) is 17.6 Å². The molecule has 0 atom stereocenters. The summed E-state index contributed by atoms with van der Waals surface area (Å²) in [4.78, 5) is 18.9. The molecule has 2 N–H and O–H groups in total. The molecule has 0 amide bonds. The van der Waals surface area contributed by atoms with Crippen molar-refractivity contribution >= 4 is 33.3 Å². The summed E-state index contributed by atoms with van der Waals surface area (Å²) in [6.45, 7) is 4.21. The van der Waals surface area contributed by atoms with E-state index in [0.717, 1.165) is 12.3 Å². The largest absolute Gasteiger partial charge is 0.478 e. The molecule has 0 spiro atoms. The van der Waals surface area contributed by atoms with Crippen LogP contribution in [-0.4, -0.2) is 35.1 Å². The minimum absolute atomic E-state index is 0.0219. The van der Waals surface area contributed by atoms with E-state index in [0.29, 0.717) is 11.1 Å². The number of ether oxygens (including phenoxy) is 1. The van der Waals surface area contributed by atoms with Crippen LogP contribution in [0.15, 0.2) is 53.8 Å². The van der Waals surface area contributed by atoms with Gasteiger partial charge in [-0.25, -0.2) is 27.6 Å². The SMILES string of the molecule is Cc1ncncc1S(=O)(=O)Nc1cc(OC(C)(C)C(=O)O)ccc1-c1cc(F)cc(Cl)c1. The van der Waals surface area contributed by atoms with Crippen molar-refractivity contribution in [3.63, 3.8) is 0 Å². The average Bonchev–Trinajstić information content (AvgIpc) is 2.67. The topological polar surface area (TPSA) is 118 Å². The Labute approximate surface area is 189 Å². The zero-order valence-electron chi connectivity index (χ0n) is 17.3. The van der Waals surface area contributed by atoms with E-state index in [4.69, 9.17) is 16.3 Å². The molecule has 0 saturated heterocycles. The van der Waals surface area contributed by atoms with E-state index in [1.165, 1.54) is 57.4 Å². The third-order valence-corrected chi connectivity index (χ3v) is 6.14. The average molecular weight is 480 g/mol. The number of rotatable bonds is 7. The highest BCUT2D eigenvalue weighted by Crippen LogP contribution is 2.36. The fraction of sp³-hybridized carbons (Fsp3) is 0.190. The second kappa shape index (κ2) is 8.71. The molecular formula is C21H19ClFN3O5S. The number of sulfonamides is 1. The van der Waals surface area contributed by atoms with Gasteiger partial charge < -0.3 is 9.84 Å². The molecule has 3 rings (SSSR count). The lowest BCUT2D eigenvalue weighted by molar-refractivity contribution is -0.152. The van der Waals surface area contributed by atoms with Crippen LogP contribution in [0, 0.1) is 12.7 Å². The van der Waals surface area contributed by atoms with E-state index in [9.17, 15) is 22.7 Å². The van der Waals surface area contributed by atoms with Crippen LogP contribution in [0.1, 0.15) is 19.5 Å². The van der Waals surface area contributed by atoms with Gasteiger partial charge >= 0.3 is 5.97 Å². The number of aryl methyl sites for hydroxylation is 1. The first-order chi connectivity index (χ1) is 14.9. The Balaban J connectivity index is 2.14. The lowest BCUT2D eigenvalue weighted by Crippen LogP contribution is -2.37. The molecule has 168 valence electrons. The van der Waals surface area contributed by atoms with Gasteiger partial charge in [0, 0.05) is 16.7 Å². The Kier molecular flexibility index (Phi) is 6.38. The second-order valence-corrected chi connectivity index (χ2v) is 9.45. The molecule has 0 bridgehead atoms. The number of hydrogen-bond donors (Lipinski definition) is 2. The molecule has 8 nitrogen and oxygen atoms in total. The lowest BCUT2D eigenvalue weighted by atomic mass is 10.0. The maximum absolute atomic E-state index is 14.0. The standard InChI is InChI=1S/C21H19ClFN3O5S/c1-12-19(10-24-11-25-12)32(29,30)26-18-9-16(31-21(2,3)20(27)28)4-5-17(18)13-6-14(22)8-15(23)7-13/h4-11,26H,1-3H3,(H,27,28). The summed E-state index contributed by atoms with van der Waals surface area (Å²) in [7, 11) is -4.15. The number of hydrogen-bond acceptors (Lipinski definition) is 6. The molecular weight excluding hydrogens is 461 g/mol. The Morgan fingerprint density at radius 1 is 1.22 bits per heavy atom. The van der Waals surface area contributed by atoms with E-state index in [-0.39, 0.29) is 27.0 Å². The highest BCUT2D eigenvalue weighted by atomic mass is 35.5. The van der Waals surface area contributed by atoms with Crippen molar-refractivity contribution in [2.45, 2.75) is 31.3 Å². The monoisotopic (exact) mass is 479 g/mol. The number of halogens is 2. The van der Waals surface area contributed by atoms with Crippen LogP contribution in [0.3, 0.4) is 0 Å². The van der Waals surface area contributed by atoms with Crippen molar-refractivity contribution in [3.05, 3.63) is 65.5 Å². The maximum atomic E-state index is 14.0. The van der Waals surface area contributed by atoms with Gasteiger partial charge in [-0.2, -0.15) is 0 Å². The van der Waals surface area contributed by atoms with Crippen LogP contribution in [0.25, 0.3) is 11.1 Å². The number of carbonyl (C=O) groups is 1. The highest BCUT2D eigenvalue weighted by molar-refractivity contribution is 7.92. The highest BCUT2D eigenvalue weighted by Gasteiger charge is 2.30. The summed E-state index contributed by atoms with van der Waals surface area (Å²) in [6.07, 6.45) is 2.37. The summed E-state index contributed by atoms with van der Waals surface area (Å²) in [6, 6.07) is 8.02. The molecule has 0 aliphatic heterocycles. The van der Waals surface area contributed by atoms with Gasteiger partial charge in [0.2, 0.25) is 0 Å². The van der Waals surface area contributed by atoms with Crippen LogP contribution in [-0.2, 0) is 14.8 Å². The predicted molar refractivity (Wildman–Crippen MR) is 117 cm³/mol. The van der Waals surface area contributed by atoms with Gasteiger partial charge in [0.1, 0.15) is 22.8 Å². The quantitative estimate of drug-likeness (QED) is 0.519. The molecule has 0 saturated carbocycles. The number of aromatic nitrogens is 2. The molecule has 0 aliphatic carbocycles. The van der Waals surface area contributed by atoms with E-state index < -0.39 is 27.4 Å². The number of nitrogens with one attached hydrogen (secondary N) is 1. The smallest absolute Gasteiger partial charge is 0.347 e. The minimum Gasteiger partial charge on any atom is -0.478 e. The van der Waals surface area contributed by atoms with Crippen LogP contribution in [0.2, 0.25) is 5.02 Å². The van der Waals surface area contributed by atoms with Crippen LogP contribution in [0.5, 0.6) is 5.75 Å².